The van der Waals surface area contributed by atoms with Gasteiger partial charge in [-0.1, -0.05) is 121 Å². The van der Waals surface area contributed by atoms with E-state index in [1.165, 1.54) is 21.8 Å². The van der Waals surface area contributed by atoms with Crippen molar-refractivity contribution < 1.29 is 0 Å². The Bertz CT molecular complexity index is 2990. The first-order valence-electron chi connectivity index (χ1n) is 19.8. The van der Waals surface area contributed by atoms with Crippen LogP contribution in [0.5, 0.6) is 0 Å². The Morgan fingerprint density at radius 1 is 0.276 bits per heavy atom. The molecule has 4 heteroatoms. The molecule has 4 nitrogen and oxygen atoms in total. The lowest BCUT2D eigenvalue weighted by Gasteiger charge is -2.40. The molecule has 0 saturated heterocycles. The molecule has 10 aromatic rings. The second kappa shape index (κ2) is 14.0. The monoisotopic (exact) mass is 742 g/mol. The van der Waals surface area contributed by atoms with Crippen LogP contribution in [0.3, 0.4) is 0 Å². The molecule has 2 heterocycles. The van der Waals surface area contributed by atoms with E-state index >= 15 is 0 Å². The van der Waals surface area contributed by atoms with Crippen molar-refractivity contribution in [1.29, 1.82) is 0 Å². The van der Waals surface area contributed by atoms with Gasteiger partial charge in [-0.2, -0.15) is 0 Å². The first-order chi connectivity index (χ1) is 28.8. The van der Waals surface area contributed by atoms with Crippen LogP contribution in [0.2, 0.25) is 0 Å². The van der Waals surface area contributed by atoms with Gasteiger partial charge in [0.05, 0.1) is 33.8 Å². The Labute approximate surface area is 338 Å². The van der Waals surface area contributed by atoms with Crippen LogP contribution in [0.4, 0.5) is 51.2 Å². The van der Waals surface area contributed by atoms with E-state index in [2.05, 4.69) is 250 Å². The zero-order valence-corrected chi connectivity index (χ0v) is 31.7. The normalized spacial score (nSPS) is 12.1. The van der Waals surface area contributed by atoms with Crippen molar-refractivity contribution in [3.63, 3.8) is 0 Å². The van der Waals surface area contributed by atoms with Gasteiger partial charge in [0.25, 0.3) is 0 Å². The summed E-state index contributed by atoms with van der Waals surface area (Å²) in [5.41, 5.74) is 15.9. The van der Waals surface area contributed by atoms with Crippen LogP contribution >= 0.6 is 0 Å². The SMILES string of the molecule is c1ccc(N(c2ccc(-c3ccc4c(c3)N(c3ccccc3)c3ccccc3N4c3ccccc3)cc2)c2ccc(-n3c4ccccc4c4ccccc43)cc2)cc1. The summed E-state index contributed by atoms with van der Waals surface area (Å²) < 4.78 is 2.37. The maximum absolute atomic E-state index is 2.39. The number of hydrogen-bond acceptors (Lipinski definition) is 3. The van der Waals surface area contributed by atoms with E-state index in [0.29, 0.717) is 0 Å². The molecule has 1 aliphatic rings. The number of benzene rings is 9. The minimum Gasteiger partial charge on any atom is -0.311 e. The van der Waals surface area contributed by atoms with Crippen LogP contribution in [-0.2, 0) is 0 Å². The molecule has 0 aliphatic carbocycles. The average molecular weight is 743 g/mol. The molecule has 1 aromatic heterocycles. The van der Waals surface area contributed by atoms with E-state index in [1.54, 1.807) is 0 Å². The molecule has 0 unspecified atom stereocenters. The van der Waals surface area contributed by atoms with E-state index in [1.807, 2.05) is 0 Å². The highest BCUT2D eigenvalue weighted by Gasteiger charge is 2.30. The lowest BCUT2D eigenvalue weighted by molar-refractivity contribution is 1.17. The molecule has 274 valence electrons. The number of nitrogens with zero attached hydrogens (tertiary/aromatic N) is 4. The van der Waals surface area contributed by atoms with Gasteiger partial charge in [-0.05, 0) is 120 Å². The number of anilines is 9. The minimum atomic E-state index is 1.09. The molecule has 0 saturated carbocycles. The molecular weight excluding hydrogens is 705 g/mol. The molecule has 58 heavy (non-hydrogen) atoms. The third kappa shape index (κ3) is 5.62. The van der Waals surface area contributed by atoms with E-state index in [-0.39, 0.29) is 0 Å². The summed E-state index contributed by atoms with van der Waals surface area (Å²) in [5, 5.41) is 2.52. The molecule has 0 fully saturated rings. The highest BCUT2D eigenvalue weighted by Crippen LogP contribution is 2.54. The summed E-state index contributed by atoms with van der Waals surface area (Å²) in [4.78, 5) is 7.10. The Morgan fingerprint density at radius 2 is 0.690 bits per heavy atom. The number of para-hydroxylation sites is 7. The van der Waals surface area contributed by atoms with Gasteiger partial charge >= 0.3 is 0 Å². The first-order valence-corrected chi connectivity index (χ1v) is 19.8. The Balaban J connectivity index is 0.986. The predicted molar refractivity (Wildman–Crippen MR) is 244 cm³/mol. The summed E-state index contributed by atoms with van der Waals surface area (Å²) in [6, 6.07) is 82.7. The van der Waals surface area contributed by atoms with Gasteiger partial charge in [0.1, 0.15) is 0 Å². The third-order valence-electron chi connectivity index (χ3n) is 11.3. The maximum Gasteiger partial charge on any atom is 0.0709 e. The maximum atomic E-state index is 2.39. The molecule has 0 radical (unpaired) electrons. The van der Waals surface area contributed by atoms with Crippen molar-refractivity contribution >= 4 is 73.0 Å². The van der Waals surface area contributed by atoms with Gasteiger partial charge in [0.15, 0.2) is 0 Å². The zero-order valence-electron chi connectivity index (χ0n) is 31.7. The highest BCUT2D eigenvalue weighted by atomic mass is 15.3. The number of hydrogen-bond donors (Lipinski definition) is 0. The van der Waals surface area contributed by atoms with Crippen LogP contribution in [0, 0.1) is 0 Å². The van der Waals surface area contributed by atoms with Gasteiger partial charge < -0.3 is 19.3 Å². The summed E-state index contributed by atoms with van der Waals surface area (Å²) in [6.07, 6.45) is 0. The Hall–Kier alpha value is -7.82. The number of aromatic nitrogens is 1. The van der Waals surface area contributed by atoms with Crippen molar-refractivity contribution in [2.75, 3.05) is 14.7 Å². The van der Waals surface area contributed by atoms with Gasteiger partial charge in [0.2, 0.25) is 0 Å². The highest BCUT2D eigenvalue weighted by molar-refractivity contribution is 6.09. The van der Waals surface area contributed by atoms with Crippen LogP contribution in [0.15, 0.2) is 231 Å². The van der Waals surface area contributed by atoms with E-state index in [0.717, 1.165) is 68.0 Å². The fourth-order valence-electron chi connectivity index (χ4n) is 8.66. The van der Waals surface area contributed by atoms with E-state index < -0.39 is 0 Å². The van der Waals surface area contributed by atoms with Crippen molar-refractivity contribution in [2.45, 2.75) is 0 Å². The van der Waals surface area contributed by atoms with Crippen LogP contribution in [0.25, 0.3) is 38.6 Å². The summed E-state index contributed by atoms with van der Waals surface area (Å²) >= 11 is 0. The van der Waals surface area contributed by atoms with E-state index in [9.17, 15) is 0 Å². The molecule has 0 spiro atoms. The summed E-state index contributed by atoms with van der Waals surface area (Å²) in [7, 11) is 0. The van der Waals surface area contributed by atoms with Crippen molar-refractivity contribution in [1.82, 2.24) is 4.57 Å². The first kappa shape index (κ1) is 33.5. The second-order valence-electron chi connectivity index (χ2n) is 14.6. The molecule has 0 amide bonds. The van der Waals surface area contributed by atoms with E-state index in [4.69, 9.17) is 0 Å². The van der Waals surface area contributed by atoms with Crippen LogP contribution < -0.4 is 14.7 Å². The van der Waals surface area contributed by atoms with Crippen molar-refractivity contribution in [3.8, 4) is 16.8 Å². The van der Waals surface area contributed by atoms with Crippen LogP contribution in [-0.4, -0.2) is 4.57 Å². The predicted octanol–water partition coefficient (Wildman–Crippen LogP) is 15.2. The zero-order chi connectivity index (χ0) is 38.4. The molecule has 1 aliphatic heterocycles. The van der Waals surface area contributed by atoms with Crippen molar-refractivity contribution in [3.05, 3.63) is 231 Å². The molecular formula is C54H38N4. The van der Waals surface area contributed by atoms with Gasteiger partial charge in [-0.15, -0.1) is 0 Å². The van der Waals surface area contributed by atoms with Gasteiger partial charge in [-0.3, -0.25) is 0 Å². The second-order valence-corrected chi connectivity index (χ2v) is 14.6. The number of rotatable bonds is 7. The summed E-state index contributed by atoms with van der Waals surface area (Å²) in [6.45, 7) is 0. The van der Waals surface area contributed by atoms with Crippen molar-refractivity contribution in [2.24, 2.45) is 0 Å². The van der Waals surface area contributed by atoms with Gasteiger partial charge in [-0.25, -0.2) is 0 Å². The topological polar surface area (TPSA) is 14.7 Å². The Kier molecular flexibility index (Phi) is 8.11. The molecule has 0 N–H and O–H groups in total. The Morgan fingerprint density at radius 3 is 1.26 bits per heavy atom. The van der Waals surface area contributed by atoms with Gasteiger partial charge in [0, 0.05) is 44.9 Å². The minimum absolute atomic E-state index is 1.09. The largest absolute Gasteiger partial charge is 0.311 e. The summed E-state index contributed by atoms with van der Waals surface area (Å²) in [5.74, 6) is 0. The fourth-order valence-corrected chi connectivity index (χ4v) is 8.66. The lowest BCUT2D eigenvalue weighted by Crippen LogP contribution is -2.24. The molecule has 0 atom stereocenters. The van der Waals surface area contributed by atoms with Crippen LogP contribution in [0.1, 0.15) is 0 Å². The molecule has 11 rings (SSSR count). The molecule has 9 aromatic carbocycles. The average Bonchev–Trinajstić information content (AvgIpc) is 3.64. The smallest absolute Gasteiger partial charge is 0.0709 e. The lowest BCUT2D eigenvalue weighted by atomic mass is 9.99. The molecule has 0 bridgehead atoms. The third-order valence-corrected chi connectivity index (χ3v) is 11.3. The standard InChI is InChI=1S/C54H38N4/c1-4-16-41(17-5-1)55(45-33-35-46(36-34-45)56-49-24-12-10-22-47(49)48-23-11-13-25-50(48)56)44-31-28-39(29-32-44)40-30-37-53-54(38-40)58(43-20-8-3-9-21-43)52-27-15-14-26-51(52)57(53)42-18-6-2-7-19-42/h1-38H. The number of fused-ring (bicyclic) bond motifs is 5. The fraction of sp³-hybridized carbons (Fsp3) is 0. The quantitative estimate of drug-likeness (QED) is 0.162.